The third-order valence-corrected chi connectivity index (χ3v) is 4.68. The van der Waals surface area contributed by atoms with Crippen molar-refractivity contribution in [1.82, 2.24) is 0 Å². The standard InChI is InChI=1S/C11H18O4.C10H18O5.C5H9NO2.Na.H2O/c1-11(2,3)15-9(12)6-8(10(13)14)7-4-5-7;1-9(2,3)14-7(11)13-8(12)15-10(4,5)6;6-4(5(7)8)3-1-2-3;;/h7-8H,4-6H2,1-3H3,(H,13,14);1-6H3;3-4H,1-2,6H2,(H,7,8);;1H2/q;;;+1;/p-1/t8-;;4-;;/m0.0../s1. The van der Waals surface area contributed by atoms with Gasteiger partial charge in [-0.2, -0.15) is 0 Å². The number of carbonyl (C=O) groups excluding carboxylic acids is 3. The van der Waals surface area contributed by atoms with E-state index in [2.05, 4.69) is 4.74 Å². The molecule has 5 N–H and O–H groups in total. The number of rotatable bonds is 6. The summed E-state index contributed by atoms with van der Waals surface area (Å²) in [6.07, 6.45) is 1.70. The molecule has 2 aliphatic rings. The van der Waals surface area contributed by atoms with Crippen molar-refractivity contribution < 1.29 is 88.2 Å². The van der Waals surface area contributed by atoms with E-state index in [1.807, 2.05) is 0 Å². The molecule has 0 saturated heterocycles. The minimum absolute atomic E-state index is 0. The summed E-state index contributed by atoms with van der Waals surface area (Å²) in [5, 5.41) is 17.2. The average Bonchev–Trinajstić information content (AvgIpc) is 3.55. The molecule has 14 heteroatoms. The van der Waals surface area contributed by atoms with Crippen LogP contribution in [0.25, 0.3) is 0 Å². The van der Waals surface area contributed by atoms with E-state index in [-0.39, 0.29) is 53.3 Å². The molecule has 0 aromatic rings. The van der Waals surface area contributed by atoms with Gasteiger partial charge in [-0.05, 0) is 99.8 Å². The SMILES string of the molecule is CC(C)(C)OC(=O)C[C@H](C(=O)O)C1CC1.CC(C)(C)OC(=O)OC(=O)OC(C)(C)C.N[C@H](C(=O)O)C1CC1.[Na+].[OH-]. The second-order valence-electron chi connectivity index (χ2n) is 12.3. The summed E-state index contributed by atoms with van der Waals surface area (Å²) in [5.74, 6) is -2.28. The Hall–Kier alpha value is -1.93. The summed E-state index contributed by atoms with van der Waals surface area (Å²) >= 11 is 0. The van der Waals surface area contributed by atoms with E-state index < -0.39 is 59.0 Å². The second-order valence-corrected chi connectivity index (χ2v) is 12.3. The Morgan fingerprint density at radius 2 is 1.05 bits per heavy atom. The Kier molecular flexibility index (Phi) is 18.9. The molecule has 2 rings (SSSR count). The first kappa shape index (κ1) is 42.5. The Labute approximate surface area is 258 Å². The van der Waals surface area contributed by atoms with Gasteiger partial charge in [0.2, 0.25) is 0 Å². The molecule has 0 radical (unpaired) electrons. The topological polar surface area (TPSA) is 219 Å². The van der Waals surface area contributed by atoms with Gasteiger partial charge in [-0.25, -0.2) is 9.59 Å². The van der Waals surface area contributed by atoms with E-state index in [1.165, 1.54) is 0 Å². The van der Waals surface area contributed by atoms with Crippen LogP contribution in [0, 0.1) is 17.8 Å². The van der Waals surface area contributed by atoms with Gasteiger partial charge in [0.15, 0.2) is 0 Å². The van der Waals surface area contributed by atoms with E-state index in [1.54, 1.807) is 62.3 Å². The quantitative estimate of drug-likeness (QED) is 0.173. The summed E-state index contributed by atoms with van der Waals surface area (Å²) in [6, 6.07) is -0.602. The average molecular weight is 588 g/mol. The van der Waals surface area contributed by atoms with Crippen molar-refractivity contribution >= 4 is 30.2 Å². The number of esters is 1. The fraction of sp³-hybridized carbons (Fsp3) is 0.808. The molecule has 0 aromatic carbocycles. The zero-order valence-corrected chi connectivity index (χ0v) is 27.4. The maximum Gasteiger partial charge on any atom is 1.00 e. The zero-order valence-electron chi connectivity index (χ0n) is 25.4. The van der Waals surface area contributed by atoms with Gasteiger partial charge in [-0.1, -0.05) is 0 Å². The fourth-order valence-electron chi connectivity index (χ4n) is 2.78. The molecule has 2 atom stereocenters. The molecule has 2 fully saturated rings. The maximum atomic E-state index is 11.4. The number of nitrogens with two attached hydrogens (primary N) is 1. The van der Waals surface area contributed by atoms with Gasteiger partial charge in [0.05, 0.1) is 12.3 Å². The molecule has 228 valence electrons. The summed E-state index contributed by atoms with van der Waals surface area (Å²) in [5.41, 5.74) is 3.29. The summed E-state index contributed by atoms with van der Waals surface area (Å²) in [6.45, 7) is 15.3. The van der Waals surface area contributed by atoms with Crippen LogP contribution >= 0.6 is 0 Å². The maximum absolute atomic E-state index is 11.4. The van der Waals surface area contributed by atoms with Crippen molar-refractivity contribution in [2.45, 2.75) is 117 Å². The number of ether oxygens (including phenoxy) is 4. The van der Waals surface area contributed by atoms with Crippen LogP contribution in [0.1, 0.15) is 94.4 Å². The van der Waals surface area contributed by atoms with Crippen LogP contribution in [0.2, 0.25) is 0 Å². The molecular formula is C26H46NNaO12. The molecule has 0 aromatic heterocycles. The number of aliphatic carboxylic acids is 2. The monoisotopic (exact) mass is 587 g/mol. The Morgan fingerprint density at radius 1 is 0.700 bits per heavy atom. The van der Waals surface area contributed by atoms with Crippen LogP contribution in [0.4, 0.5) is 9.59 Å². The summed E-state index contributed by atoms with van der Waals surface area (Å²) < 4.78 is 18.9. The van der Waals surface area contributed by atoms with Gasteiger partial charge in [-0.3, -0.25) is 14.4 Å². The first-order valence-corrected chi connectivity index (χ1v) is 12.6. The minimum atomic E-state index is -1.06. The van der Waals surface area contributed by atoms with Crippen LogP contribution in [-0.4, -0.2) is 68.8 Å². The fourth-order valence-corrected chi connectivity index (χ4v) is 2.78. The number of carboxylic acids is 2. The smallest absolute Gasteiger partial charge is 0.870 e. The molecule has 0 aliphatic heterocycles. The van der Waals surface area contributed by atoms with Crippen molar-refractivity contribution in [1.29, 1.82) is 0 Å². The first-order valence-electron chi connectivity index (χ1n) is 12.6. The molecule has 0 amide bonds. The zero-order chi connectivity index (χ0) is 30.1. The number of carboxylic acid groups (broad SMARTS) is 2. The Morgan fingerprint density at radius 3 is 1.27 bits per heavy atom. The molecule has 2 saturated carbocycles. The second kappa shape index (κ2) is 17.8. The number of hydrogen-bond acceptors (Lipinski definition) is 11. The molecule has 0 spiro atoms. The van der Waals surface area contributed by atoms with Gasteiger partial charge in [0.25, 0.3) is 0 Å². The predicted octanol–water partition coefficient (Wildman–Crippen LogP) is 1.34. The molecule has 0 heterocycles. The van der Waals surface area contributed by atoms with Gasteiger partial charge in [-0.15, -0.1) is 0 Å². The van der Waals surface area contributed by atoms with Gasteiger partial charge >= 0.3 is 59.8 Å². The van der Waals surface area contributed by atoms with E-state index in [4.69, 9.17) is 30.2 Å². The van der Waals surface area contributed by atoms with E-state index in [0.717, 1.165) is 25.7 Å². The normalized spacial score (nSPS) is 15.8. The molecule has 13 nitrogen and oxygen atoms in total. The summed E-state index contributed by atoms with van der Waals surface area (Å²) in [4.78, 5) is 54.4. The van der Waals surface area contributed by atoms with Crippen molar-refractivity contribution in [2.24, 2.45) is 23.5 Å². The van der Waals surface area contributed by atoms with Crippen LogP contribution in [0.3, 0.4) is 0 Å². The molecular weight excluding hydrogens is 541 g/mol. The molecule has 0 bridgehead atoms. The number of carbonyl (C=O) groups is 5. The third-order valence-electron chi connectivity index (χ3n) is 4.68. The minimum Gasteiger partial charge on any atom is -0.870 e. The van der Waals surface area contributed by atoms with Crippen LogP contribution in [0.5, 0.6) is 0 Å². The molecule has 2 aliphatic carbocycles. The van der Waals surface area contributed by atoms with Crippen molar-refractivity contribution in [3.8, 4) is 0 Å². The van der Waals surface area contributed by atoms with Crippen LogP contribution in [-0.2, 0) is 33.3 Å². The Bertz CT molecular complexity index is 808. The van der Waals surface area contributed by atoms with Gasteiger partial charge < -0.3 is 40.4 Å². The van der Waals surface area contributed by atoms with Gasteiger partial charge in [0.1, 0.15) is 22.8 Å². The largest absolute Gasteiger partial charge is 1.00 e. The van der Waals surface area contributed by atoms with E-state index >= 15 is 0 Å². The van der Waals surface area contributed by atoms with E-state index in [9.17, 15) is 24.0 Å². The van der Waals surface area contributed by atoms with E-state index in [0.29, 0.717) is 0 Å². The molecule has 40 heavy (non-hydrogen) atoms. The first-order chi connectivity index (χ1) is 17.0. The van der Waals surface area contributed by atoms with Crippen LogP contribution in [0.15, 0.2) is 0 Å². The Balaban J connectivity index is -0.000000522. The van der Waals surface area contributed by atoms with Crippen LogP contribution < -0.4 is 35.3 Å². The predicted molar refractivity (Wildman–Crippen MR) is 138 cm³/mol. The van der Waals surface area contributed by atoms with Crippen molar-refractivity contribution in [3.63, 3.8) is 0 Å². The summed E-state index contributed by atoms with van der Waals surface area (Å²) in [7, 11) is 0. The van der Waals surface area contributed by atoms with Crippen molar-refractivity contribution in [2.75, 3.05) is 0 Å². The van der Waals surface area contributed by atoms with Crippen molar-refractivity contribution in [3.05, 3.63) is 0 Å². The van der Waals surface area contributed by atoms with Gasteiger partial charge in [0, 0.05) is 0 Å². The molecule has 0 unspecified atom stereocenters. The third kappa shape index (κ3) is 23.9. The number of hydrogen-bond donors (Lipinski definition) is 3.